The third-order valence-corrected chi connectivity index (χ3v) is 2.70. The molecular formula is C11H6BrNO4. The summed E-state index contributed by atoms with van der Waals surface area (Å²) in [4.78, 5) is 10.7. The van der Waals surface area contributed by atoms with Gasteiger partial charge in [-0.05, 0) is 39.7 Å². The van der Waals surface area contributed by atoms with Gasteiger partial charge in [-0.3, -0.25) is 0 Å². The smallest absolute Gasteiger partial charge is 0.346 e. The Morgan fingerprint density at radius 3 is 2.94 bits per heavy atom. The van der Waals surface area contributed by atoms with Crippen molar-refractivity contribution in [1.29, 1.82) is 5.26 Å². The van der Waals surface area contributed by atoms with E-state index in [0.29, 0.717) is 21.5 Å². The van der Waals surface area contributed by atoms with Gasteiger partial charge in [0.1, 0.15) is 11.6 Å². The predicted molar refractivity (Wildman–Crippen MR) is 61.5 cm³/mol. The molecule has 86 valence electrons. The number of halogens is 1. The molecule has 2 rings (SSSR count). The van der Waals surface area contributed by atoms with Crippen LogP contribution in [0.2, 0.25) is 0 Å². The van der Waals surface area contributed by atoms with Crippen LogP contribution in [-0.2, 0) is 4.79 Å². The van der Waals surface area contributed by atoms with E-state index in [2.05, 4.69) is 15.9 Å². The number of carboxylic acids is 1. The topological polar surface area (TPSA) is 79.5 Å². The zero-order valence-corrected chi connectivity index (χ0v) is 10.0. The van der Waals surface area contributed by atoms with Crippen LogP contribution in [0.25, 0.3) is 6.08 Å². The Morgan fingerprint density at radius 2 is 2.29 bits per heavy atom. The van der Waals surface area contributed by atoms with Crippen molar-refractivity contribution in [3.8, 4) is 17.6 Å². The van der Waals surface area contributed by atoms with E-state index in [1.165, 1.54) is 6.08 Å². The molecule has 0 unspecified atom stereocenters. The molecule has 0 spiro atoms. The van der Waals surface area contributed by atoms with E-state index in [-0.39, 0.29) is 12.4 Å². The van der Waals surface area contributed by atoms with E-state index in [0.717, 1.165) is 0 Å². The quantitative estimate of drug-likeness (QED) is 0.668. The highest BCUT2D eigenvalue weighted by Crippen LogP contribution is 2.40. The molecule has 1 aliphatic heterocycles. The molecule has 17 heavy (non-hydrogen) atoms. The summed E-state index contributed by atoms with van der Waals surface area (Å²) in [5, 5.41) is 17.4. The lowest BCUT2D eigenvalue weighted by molar-refractivity contribution is -0.132. The van der Waals surface area contributed by atoms with Crippen molar-refractivity contribution < 1.29 is 19.4 Å². The van der Waals surface area contributed by atoms with Crippen LogP contribution in [0.3, 0.4) is 0 Å². The van der Waals surface area contributed by atoms with E-state index >= 15 is 0 Å². The molecule has 0 amide bonds. The second-order valence-corrected chi connectivity index (χ2v) is 4.07. The summed E-state index contributed by atoms with van der Waals surface area (Å²) >= 11 is 3.28. The number of carboxylic acid groups (broad SMARTS) is 1. The van der Waals surface area contributed by atoms with Gasteiger partial charge in [0.25, 0.3) is 0 Å². The summed E-state index contributed by atoms with van der Waals surface area (Å²) in [7, 11) is 0. The second-order valence-electron chi connectivity index (χ2n) is 3.21. The third kappa shape index (κ3) is 2.24. The van der Waals surface area contributed by atoms with Crippen molar-refractivity contribution >= 4 is 28.0 Å². The molecule has 1 aromatic rings. The predicted octanol–water partition coefficient (Wildman–Crippen LogP) is 2.17. The first kappa shape index (κ1) is 11.5. The second kappa shape index (κ2) is 4.47. The molecule has 0 aromatic heterocycles. The number of carbonyl (C=O) groups is 1. The first-order valence-electron chi connectivity index (χ1n) is 4.56. The SMILES string of the molecule is N#C/C(=C\c1cc(Br)c2c(c1)OCO2)C(=O)O. The first-order valence-corrected chi connectivity index (χ1v) is 5.35. The molecule has 0 radical (unpaired) electrons. The molecule has 1 N–H and O–H groups in total. The normalized spacial score (nSPS) is 13.3. The number of hydrogen-bond acceptors (Lipinski definition) is 4. The minimum absolute atomic E-state index is 0.130. The number of fused-ring (bicyclic) bond motifs is 1. The van der Waals surface area contributed by atoms with Crippen LogP contribution < -0.4 is 9.47 Å². The highest BCUT2D eigenvalue weighted by molar-refractivity contribution is 9.10. The van der Waals surface area contributed by atoms with Crippen molar-refractivity contribution in [3.63, 3.8) is 0 Å². The molecule has 1 aliphatic rings. The Labute approximate surface area is 105 Å². The number of benzene rings is 1. The van der Waals surface area contributed by atoms with Gasteiger partial charge in [0.2, 0.25) is 6.79 Å². The molecule has 0 bridgehead atoms. The van der Waals surface area contributed by atoms with E-state index in [9.17, 15) is 4.79 Å². The van der Waals surface area contributed by atoms with Crippen LogP contribution >= 0.6 is 15.9 Å². The van der Waals surface area contributed by atoms with Gasteiger partial charge in [-0.2, -0.15) is 5.26 Å². The van der Waals surface area contributed by atoms with Crippen LogP contribution in [-0.4, -0.2) is 17.9 Å². The van der Waals surface area contributed by atoms with Gasteiger partial charge in [0.15, 0.2) is 11.5 Å². The number of aliphatic carboxylic acids is 1. The van der Waals surface area contributed by atoms with Crippen LogP contribution in [0.15, 0.2) is 22.2 Å². The Morgan fingerprint density at radius 1 is 1.53 bits per heavy atom. The number of ether oxygens (including phenoxy) is 2. The number of nitrogens with zero attached hydrogens (tertiary/aromatic N) is 1. The molecule has 0 aliphatic carbocycles. The zero-order valence-electron chi connectivity index (χ0n) is 8.44. The molecule has 0 fully saturated rings. The van der Waals surface area contributed by atoms with Crippen molar-refractivity contribution in [3.05, 3.63) is 27.7 Å². The molecule has 1 aromatic carbocycles. The Kier molecular flexibility index (Phi) is 3.02. The van der Waals surface area contributed by atoms with Crippen molar-refractivity contribution in [2.75, 3.05) is 6.79 Å². The fraction of sp³-hybridized carbons (Fsp3) is 0.0909. The Bertz CT molecular complexity index is 559. The van der Waals surface area contributed by atoms with Gasteiger partial charge in [0.05, 0.1) is 4.47 Å². The van der Waals surface area contributed by atoms with Gasteiger partial charge in [0, 0.05) is 0 Å². The fourth-order valence-corrected chi connectivity index (χ4v) is 1.95. The minimum Gasteiger partial charge on any atom is -0.477 e. The van der Waals surface area contributed by atoms with Crippen LogP contribution in [0.5, 0.6) is 11.5 Å². The Hall–Kier alpha value is -2.00. The molecule has 0 saturated heterocycles. The highest BCUT2D eigenvalue weighted by Gasteiger charge is 2.18. The lowest BCUT2D eigenvalue weighted by atomic mass is 10.1. The monoisotopic (exact) mass is 295 g/mol. The number of rotatable bonds is 2. The average Bonchev–Trinajstić information content (AvgIpc) is 2.74. The summed E-state index contributed by atoms with van der Waals surface area (Å²) in [5.41, 5.74) is 0.218. The maximum Gasteiger partial charge on any atom is 0.346 e. The first-order chi connectivity index (χ1) is 8.11. The van der Waals surface area contributed by atoms with E-state index < -0.39 is 5.97 Å². The maximum absolute atomic E-state index is 10.7. The summed E-state index contributed by atoms with van der Waals surface area (Å²) in [6, 6.07) is 4.89. The van der Waals surface area contributed by atoms with Gasteiger partial charge in [-0.15, -0.1) is 0 Å². The molecule has 5 nitrogen and oxygen atoms in total. The van der Waals surface area contributed by atoms with Crippen LogP contribution in [0, 0.1) is 11.3 Å². The van der Waals surface area contributed by atoms with Crippen LogP contribution in [0.4, 0.5) is 0 Å². The summed E-state index contributed by atoms with van der Waals surface area (Å²) in [6.45, 7) is 0.130. The molecular weight excluding hydrogens is 290 g/mol. The molecule has 6 heteroatoms. The number of hydrogen-bond donors (Lipinski definition) is 1. The zero-order chi connectivity index (χ0) is 12.4. The fourth-order valence-electron chi connectivity index (χ4n) is 1.38. The standard InChI is InChI=1S/C11H6BrNO4/c12-8-2-6(1-7(4-13)11(14)15)3-9-10(8)17-5-16-9/h1-3H,5H2,(H,14,15)/b7-1+. The number of nitriles is 1. The molecule has 0 atom stereocenters. The van der Waals surface area contributed by atoms with Gasteiger partial charge < -0.3 is 14.6 Å². The molecule has 1 heterocycles. The van der Waals surface area contributed by atoms with Crippen molar-refractivity contribution in [1.82, 2.24) is 0 Å². The minimum atomic E-state index is -1.26. The summed E-state index contributed by atoms with van der Waals surface area (Å²) in [6.07, 6.45) is 1.27. The summed E-state index contributed by atoms with van der Waals surface area (Å²) in [5.74, 6) is -0.162. The lowest BCUT2D eigenvalue weighted by Crippen LogP contribution is -1.97. The van der Waals surface area contributed by atoms with E-state index in [1.807, 2.05) is 0 Å². The Balaban J connectivity index is 2.45. The highest BCUT2D eigenvalue weighted by atomic mass is 79.9. The van der Waals surface area contributed by atoms with Gasteiger partial charge in [-0.1, -0.05) is 0 Å². The summed E-state index contributed by atoms with van der Waals surface area (Å²) < 4.78 is 11.0. The third-order valence-electron chi connectivity index (χ3n) is 2.11. The van der Waals surface area contributed by atoms with Gasteiger partial charge >= 0.3 is 5.97 Å². The van der Waals surface area contributed by atoms with Crippen molar-refractivity contribution in [2.24, 2.45) is 0 Å². The van der Waals surface area contributed by atoms with Crippen molar-refractivity contribution in [2.45, 2.75) is 0 Å². The molecule has 0 saturated carbocycles. The maximum atomic E-state index is 10.7. The largest absolute Gasteiger partial charge is 0.477 e. The van der Waals surface area contributed by atoms with E-state index in [4.69, 9.17) is 19.8 Å². The van der Waals surface area contributed by atoms with E-state index in [1.54, 1.807) is 18.2 Å². The average molecular weight is 296 g/mol. The van der Waals surface area contributed by atoms with Gasteiger partial charge in [-0.25, -0.2) is 4.79 Å². The lowest BCUT2D eigenvalue weighted by Gasteiger charge is -2.01. The van der Waals surface area contributed by atoms with Crippen LogP contribution in [0.1, 0.15) is 5.56 Å².